The summed E-state index contributed by atoms with van der Waals surface area (Å²) in [5.74, 6) is 0.429. The molecule has 0 aliphatic carbocycles. The Morgan fingerprint density at radius 1 is 1.07 bits per heavy atom. The molecule has 2 amide bonds. The Hall–Kier alpha value is -3.43. The summed E-state index contributed by atoms with van der Waals surface area (Å²) in [5.41, 5.74) is 0.197. The fourth-order valence-electron chi connectivity index (χ4n) is 5.63. The van der Waals surface area contributed by atoms with E-state index >= 15 is 0 Å². The van der Waals surface area contributed by atoms with E-state index in [-0.39, 0.29) is 43.5 Å². The second kappa shape index (κ2) is 15.9. The number of methoxy groups -OCH3 is 2. The molecule has 2 heterocycles. The van der Waals surface area contributed by atoms with Gasteiger partial charge in [-0.3, -0.25) is 0 Å². The highest BCUT2D eigenvalue weighted by atomic mass is 32.2. The van der Waals surface area contributed by atoms with Gasteiger partial charge in [0.25, 0.3) is 0 Å². The van der Waals surface area contributed by atoms with Gasteiger partial charge in [-0.05, 0) is 54.5 Å². The maximum atomic E-state index is 14.1. The van der Waals surface area contributed by atoms with Crippen LogP contribution in [0.3, 0.4) is 0 Å². The van der Waals surface area contributed by atoms with Crippen molar-refractivity contribution in [3.05, 3.63) is 60.2 Å². The monoisotopic (exact) mass is 663 g/mol. The summed E-state index contributed by atoms with van der Waals surface area (Å²) in [4.78, 5) is 24.8. The fourth-order valence-corrected chi connectivity index (χ4v) is 7.28. The molecule has 0 bridgehead atoms. The number of alkyl carbamates (subject to hydrolysis) is 2. The molecule has 3 N–H and O–H groups in total. The highest BCUT2D eigenvalue weighted by Crippen LogP contribution is 2.33. The normalized spacial score (nSPS) is 20.9. The third kappa shape index (κ3) is 9.55. The summed E-state index contributed by atoms with van der Waals surface area (Å²) < 4.78 is 56.0. The maximum Gasteiger partial charge on any atom is 0.407 e. The molecule has 13 nitrogen and oxygen atoms in total. The van der Waals surface area contributed by atoms with E-state index in [2.05, 4.69) is 15.4 Å². The van der Waals surface area contributed by atoms with Gasteiger partial charge >= 0.3 is 12.2 Å². The Morgan fingerprint density at radius 2 is 1.78 bits per heavy atom. The lowest BCUT2D eigenvalue weighted by molar-refractivity contribution is -0.0907. The van der Waals surface area contributed by atoms with Crippen molar-refractivity contribution in [2.45, 2.75) is 62.5 Å². The molecule has 0 radical (unpaired) electrons. The van der Waals surface area contributed by atoms with Gasteiger partial charge in [0, 0.05) is 19.6 Å². The van der Waals surface area contributed by atoms with Crippen LogP contribution in [-0.4, -0.2) is 102 Å². The number of fused-ring (bicyclic) bond motifs is 1. The Morgan fingerprint density at radius 3 is 2.46 bits per heavy atom. The van der Waals surface area contributed by atoms with E-state index in [1.54, 1.807) is 12.1 Å². The number of carbonyl (C=O) groups is 2. The van der Waals surface area contributed by atoms with Crippen LogP contribution in [0, 0.1) is 11.3 Å². The van der Waals surface area contributed by atoms with Crippen LogP contribution in [0.15, 0.2) is 59.5 Å². The van der Waals surface area contributed by atoms with Crippen LogP contribution in [0.1, 0.15) is 32.3 Å². The predicted octanol–water partition coefficient (Wildman–Crippen LogP) is 2.92. The molecule has 4 rings (SSSR count). The van der Waals surface area contributed by atoms with Crippen LogP contribution in [-0.2, 0) is 35.4 Å². The summed E-state index contributed by atoms with van der Waals surface area (Å²) in [6.07, 6.45) is -2.19. The minimum absolute atomic E-state index is 0.00621. The average Bonchev–Trinajstić information content (AvgIpc) is 3.66. The fraction of sp³-hybridized carbons (Fsp3) is 0.562. The van der Waals surface area contributed by atoms with Gasteiger partial charge in [0.2, 0.25) is 10.0 Å². The highest BCUT2D eigenvalue weighted by molar-refractivity contribution is 7.89. The quantitative estimate of drug-likeness (QED) is 0.258. The number of ether oxygens (including phenoxy) is 5. The number of nitrogens with one attached hydrogen (secondary N) is 2. The summed E-state index contributed by atoms with van der Waals surface area (Å²) in [6, 6.07) is 14.4. The van der Waals surface area contributed by atoms with Crippen molar-refractivity contribution in [3.8, 4) is 5.75 Å². The zero-order valence-electron chi connectivity index (χ0n) is 26.7. The number of aliphatic hydroxyl groups excluding tert-OH is 1. The number of rotatable bonds is 15. The lowest BCUT2D eigenvalue weighted by Gasteiger charge is -2.35. The lowest BCUT2D eigenvalue weighted by Crippen LogP contribution is -2.52. The molecule has 5 atom stereocenters. The van der Waals surface area contributed by atoms with Crippen molar-refractivity contribution in [2.24, 2.45) is 11.3 Å². The molecule has 0 spiro atoms. The summed E-state index contributed by atoms with van der Waals surface area (Å²) >= 11 is 0. The molecule has 2 aliphatic rings. The molecule has 2 fully saturated rings. The van der Waals surface area contributed by atoms with Gasteiger partial charge < -0.3 is 39.4 Å². The van der Waals surface area contributed by atoms with Gasteiger partial charge in [0.1, 0.15) is 11.9 Å². The van der Waals surface area contributed by atoms with Gasteiger partial charge in [-0.1, -0.05) is 44.2 Å². The van der Waals surface area contributed by atoms with Crippen molar-refractivity contribution in [1.29, 1.82) is 0 Å². The van der Waals surface area contributed by atoms with Gasteiger partial charge in [-0.15, -0.1) is 0 Å². The zero-order valence-corrected chi connectivity index (χ0v) is 27.5. The second-order valence-electron chi connectivity index (χ2n) is 12.3. The number of hydrogen-bond acceptors (Lipinski definition) is 10. The molecule has 2 aromatic rings. The first-order valence-electron chi connectivity index (χ1n) is 15.3. The van der Waals surface area contributed by atoms with E-state index in [4.69, 9.17) is 18.9 Å². The minimum Gasteiger partial charge on any atom is -0.497 e. The Bertz CT molecular complexity index is 1390. The van der Waals surface area contributed by atoms with Gasteiger partial charge in [0.15, 0.2) is 6.29 Å². The first kappa shape index (κ1) is 35.4. The first-order chi connectivity index (χ1) is 21.9. The molecule has 0 aromatic heterocycles. The van der Waals surface area contributed by atoms with Crippen molar-refractivity contribution < 1.29 is 46.8 Å². The SMILES string of the molecule is COC(=O)NCCC(C)(C)CN(C[C@@H](O)[C@H](Cc1ccccc1)NC(=O)O[C@H]1CO[C@H]2OCC[C@H]21)S(=O)(=O)c1ccc(OC)cc1. The number of benzene rings is 2. The van der Waals surface area contributed by atoms with E-state index in [1.165, 1.54) is 30.7 Å². The van der Waals surface area contributed by atoms with Crippen molar-refractivity contribution in [1.82, 2.24) is 14.9 Å². The smallest absolute Gasteiger partial charge is 0.407 e. The second-order valence-corrected chi connectivity index (χ2v) is 14.2. The summed E-state index contributed by atoms with van der Waals surface area (Å²) in [6.45, 7) is 4.41. The third-order valence-electron chi connectivity index (χ3n) is 8.26. The number of aliphatic hydroxyl groups is 1. The number of hydrogen-bond donors (Lipinski definition) is 3. The number of sulfonamides is 1. The van der Waals surface area contributed by atoms with Crippen LogP contribution in [0.25, 0.3) is 0 Å². The van der Waals surface area contributed by atoms with Gasteiger partial charge in [-0.25, -0.2) is 18.0 Å². The van der Waals surface area contributed by atoms with E-state index in [9.17, 15) is 23.1 Å². The van der Waals surface area contributed by atoms with E-state index in [0.29, 0.717) is 25.2 Å². The number of nitrogens with zero attached hydrogens (tertiary/aromatic N) is 1. The van der Waals surface area contributed by atoms with Crippen LogP contribution in [0.4, 0.5) is 9.59 Å². The zero-order chi connectivity index (χ0) is 33.3. The largest absolute Gasteiger partial charge is 0.497 e. The lowest BCUT2D eigenvalue weighted by atomic mass is 9.89. The van der Waals surface area contributed by atoms with Crippen LogP contribution in [0.2, 0.25) is 0 Å². The van der Waals surface area contributed by atoms with Crippen LogP contribution < -0.4 is 15.4 Å². The molecule has 2 aromatic carbocycles. The molecule has 254 valence electrons. The first-order valence-corrected chi connectivity index (χ1v) is 16.7. The topological polar surface area (TPSA) is 162 Å². The maximum absolute atomic E-state index is 14.1. The minimum atomic E-state index is -4.13. The molecule has 0 saturated carbocycles. The molecule has 0 unspecified atom stereocenters. The van der Waals surface area contributed by atoms with Gasteiger partial charge in [0.05, 0.1) is 50.4 Å². The van der Waals surface area contributed by atoms with E-state index in [0.717, 1.165) is 5.56 Å². The Kier molecular flexibility index (Phi) is 12.3. The number of carbonyl (C=O) groups excluding carboxylic acids is 2. The Balaban J connectivity index is 1.55. The van der Waals surface area contributed by atoms with E-state index < -0.39 is 52.2 Å². The standard InChI is InChI=1S/C32H45N3O10S/c1-32(2,15-16-33-30(37)42-4)21-35(46(39,40)24-12-10-23(41-3)11-13-24)19-27(36)26(18-22-8-6-5-7-9-22)34-31(38)45-28-20-44-29-25(28)14-17-43-29/h5-13,25-29,36H,14-21H2,1-4H3,(H,33,37)(H,34,38)/t25-,26-,27+,28-,29+/m0/s1. The van der Waals surface area contributed by atoms with Crippen molar-refractivity contribution in [3.63, 3.8) is 0 Å². The molecule has 2 aliphatic heterocycles. The molecular formula is C32H45N3O10S. The Labute approximate surface area is 270 Å². The van der Waals surface area contributed by atoms with Gasteiger partial charge in [-0.2, -0.15) is 4.31 Å². The van der Waals surface area contributed by atoms with E-state index in [1.807, 2.05) is 44.2 Å². The van der Waals surface area contributed by atoms with Crippen LogP contribution >= 0.6 is 0 Å². The highest BCUT2D eigenvalue weighted by Gasteiger charge is 2.44. The summed E-state index contributed by atoms with van der Waals surface area (Å²) in [7, 11) is -1.38. The predicted molar refractivity (Wildman–Crippen MR) is 168 cm³/mol. The average molecular weight is 664 g/mol. The van der Waals surface area contributed by atoms with Crippen molar-refractivity contribution in [2.75, 3.05) is 47.1 Å². The molecular weight excluding hydrogens is 618 g/mol. The van der Waals surface area contributed by atoms with Crippen LogP contribution in [0.5, 0.6) is 5.75 Å². The molecule has 2 saturated heterocycles. The molecule has 14 heteroatoms. The number of amides is 2. The summed E-state index contributed by atoms with van der Waals surface area (Å²) in [5, 5.41) is 17.1. The third-order valence-corrected chi connectivity index (χ3v) is 10.1. The van der Waals surface area contributed by atoms with Crippen molar-refractivity contribution >= 4 is 22.2 Å². The molecule has 46 heavy (non-hydrogen) atoms.